The van der Waals surface area contributed by atoms with Gasteiger partial charge in [-0.3, -0.25) is 24.2 Å². The van der Waals surface area contributed by atoms with Crippen molar-refractivity contribution in [2.75, 3.05) is 0 Å². The molecule has 0 spiro atoms. The lowest BCUT2D eigenvalue weighted by molar-refractivity contribution is -0.138. The Bertz CT molecular complexity index is 1680. The van der Waals surface area contributed by atoms with Crippen LogP contribution in [0.1, 0.15) is 69.0 Å². The fourth-order valence-electron chi connectivity index (χ4n) is 6.46. The lowest BCUT2D eigenvalue weighted by Crippen LogP contribution is -2.26. The highest BCUT2D eigenvalue weighted by Crippen LogP contribution is 2.48. The SMILES string of the molecule is C=CC1=C(C)C(=Cc2[nH]c(CC3=C(CCC(=O)O)C4(C)CC=C5C(=CC4=N3)NC(=O)C5C)c(CCC(=O)O)c2C)NC1=O. The maximum atomic E-state index is 12.4. The Balaban J connectivity index is 1.58. The molecule has 1 aliphatic carbocycles. The van der Waals surface area contributed by atoms with E-state index in [0.717, 1.165) is 56.3 Å². The first kappa shape index (κ1) is 29.8. The Hall–Kier alpha value is -4.73. The van der Waals surface area contributed by atoms with E-state index in [1.54, 1.807) is 0 Å². The number of rotatable bonds is 10. The predicted octanol–water partition coefficient (Wildman–Crippen LogP) is 4.42. The Kier molecular flexibility index (Phi) is 7.72. The first-order valence-corrected chi connectivity index (χ1v) is 14.4. The molecule has 0 radical (unpaired) electrons. The molecule has 1 aromatic heterocycles. The summed E-state index contributed by atoms with van der Waals surface area (Å²) in [6.45, 7) is 11.4. The maximum absolute atomic E-state index is 12.4. The van der Waals surface area contributed by atoms with E-state index in [1.807, 2.05) is 32.9 Å². The van der Waals surface area contributed by atoms with Crippen LogP contribution >= 0.6 is 0 Å². The molecule has 0 bridgehead atoms. The monoisotopic (exact) mass is 584 g/mol. The summed E-state index contributed by atoms with van der Waals surface area (Å²) in [5, 5.41) is 24.8. The number of carbonyl (C=O) groups excluding carboxylic acids is 2. The van der Waals surface area contributed by atoms with Crippen LogP contribution in [0.2, 0.25) is 0 Å². The normalized spacial score (nSPS) is 23.9. The third-order valence-electron chi connectivity index (χ3n) is 9.10. The van der Waals surface area contributed by atoms with Crippen molar-refractivity contribution in [3.63, 3.8) is 0 Å². The number of carbonyl (C=O) groups is 4. The number of carboxylic acids is 2. The molecule has 1 saturated heterocycles. The smallest absolute Gasteiger partial charge is 0.303 e. The summed E-state index contributed by atoms with van der Waals surface area (Å²) in [5.74, 6) is -2.37. The summed E-state index contributed by atoms with van der Waals surface area (Å²) in [7, 11) is 0. The van der Waals surface area contributed by atoms with Crippen molar-refractivity contribution in [3.8, 4) is 0 Å². The number of hydrogen-bond acceptors (Lipinski definition) is 5. The molecule has 4 aliphatic rings. The Morgan fingerprint density at radius 3 is 2.49 bits per heavy atom. The van der Waals surface area contributed by atoms with Crippen LogP contribution < -0.4 is 10.6 Å². The van der Waals surface area contributed by atoms with Crippen LogP contribution in [0.25, 0.3) is 6.08 Å². The second-order valence-corrected chi connectivity index (χ2v) is 11.7. The van der Waals surface area contributed by atoms with Crippen molar-refractivity contribution >= 4 is 35.5 Å². The molecule has 224 valence electrons. The molecule has 3 aliphatic heterocycles. The first-order chi connectivity index (χ1) is 20.3. The number of carboxylic acid groups (broad SMARTS) is 2. The van der Waals surface area contributed by atoms with E-state index < -0.39 is 17.4 Å². The molecule has 0 aromatic carbocycles. The van der Waals surface area contributed by atoms with Crippen molar-refractivity contribution in [2.45, 2.75) is 66.2 Å². The van der Waals surface area contributed by atoms with E-state index in [2.05, 4.69) is 35.2 Å². The zero-order valence-corrected chi connectivity index (χ0v) is 24.8. The Labute approximate surface area is 249 Å². The molecule has 2 unspecified atom stereocenters. The number of aliphatic carboxylic acids is 2. The molecular weight excluding hydrogens is 548 g/mol. The number of aliphatic imine (C=N–C) groups is 1. The minimum atomic E-state index is -0.914. The fraction of sp³-hybridized carbons (Fsp3) is 0.364. The van der Waals surface area contributed by atoms with E-state index in [1.165, 1.54) is 6.08 Å². The van der Waals surface area contributed by atoms with Crippen LogP contribution in [-0.2, 0) is 32.0 Å². The summed E-state index contributed by atoms with van der Waals surface area (Å²) in [6.07, 6.45) is 8.74. The number of nitrogens with zero attached hydrogens (tertiary/aromatic N) is 1. The van der Waals surface area contributed by atoms with Gasteiger partial charge in [0, 0.05) is 58.7 Å². The van der Waals surface area contributed by atoms with Crippen LogP contribution in [0.15, 0.2) is 69.2 Å². The third kappa shape index (κ3) is 5.33. The summed E-state index contributed by atoms with van der Waals surface area (Å²) in [5.41, 5.74) is 8.70. The lowest BCUT2D eigenvalue weighted by Gasteiger charge is -2.27. The zero-order chi connectivity index (χ0) is 31.2. The number of H-pyrrole nitrogens is 1. The van der Waals surface area contributed by atoms with Gasteiger partial charge < -0.3 is 25.8 Å². The maximum Gasteiger partial charge on any atom is 0.303 e. The van der Waals surface area contributed by atoms with E-state index in [9.17, 15) is 29.4 Å². The van der Waals surface area contributed by atoms with Gasteiger partial charge in [-0.15, -0.1) is 0 Å². The zero-order valence-electron chi connectivity index (χ0n) is 24.8. The molecule has 4 heterocycles. The second kappa shape index (κ2) is 11.2. The highest BCUT2D eigenvalue weighted by molar-refractivity contribution is 6.07. The van der Waals surface area contributed by atoms with Crippen LogP contribution in [-0.4, -0.2) is 44.7 Å². The fourth-order valence-corrected chi connectivity index (χ4v) is 6.46. The van der Waals surface area contributed by atoms with Gasteiger partial charge in [-0.2, -0.15) is 0 Å². The number of fused-ring (bicyclic) bond motifs is 2. The topological polar surface area (TPSA) is 161 Å². The van der Waals surface area contributed by atoms with Crippen molar-refractivity contribution in [3.05, 3.63) is 86.7 Å². The number of aromatic amines is 1. The van der Waals surface area contributed by atoms with Crippen molar-refractivity contribution in [2.24, 2.45) is 16.3 Å². The molecule has 43 heavy (non-hydrogen) atoms. The molecule has 1 fully saturated rings. The van der Waals surface area contributed by atoms with E-state index in [0.29, 0.717) is 37.0 Å². The third-order valence-corrected chi connectivity index (χ3v) is 9.10. The standard InChI is InChI=1S/C33H36N4O6/c1-6-19-16(2)24(36-32(19)43)13-23-17(3)20(7-9-29(38)39)25(34-23)14-27-22(8-10-30(40)41)33(5)12-11-21-18(4)31(42)37-26(21)15-28(33)35-27/h6,11,13,15,18,34H,1,7-10,12,14H2,2-5H3,(H,36,43)(H,37,42)(H,38,39)(H,40,41). The number of aromatic nitrogens is 1. The Morgan fingerprint density at radius 2 is 1.84 bits per heavy atom. The number of amides is 2. The molecule has 0 saturated carbocycles. The Morgan fingerprint density at radius 1 is 1.14 bits per heavy atom. The van der Waals surface area contributed by atoms with Crippen LogP contribution in [0, 0.1) is 18.3 Å². The first-order valence-electron chi connectivity index (χ1n) is 14.4. The molecular formula is C33H36N4O6. The summed E-state index contributed by atoms with van der Waals surface area (Å²) in [4.78, 5) is 56.4. The molecule has 10 heteroatoms. The van der Waals surface area contributed by atoms with Gasteiger partial charge in [-0.25, -0.2) is 0 Å². The van der Waals surface area contributed by atoms with Crippen molar-refractivity contribution < 1.29 is 29.4 Å². The highest BCUT2D eigenvalue weighted by Gasteiger charge is 2.43. The molecule has 10 nitrogen and oxygen atoms in total. The van der Waals surface area contributed by atoms with Gasteiger partial charge >= 0.3 is 11.9 Å². The second-order valence-electron chi connectivity index (χ2n) is 11.7. The van der Waals surface area contributed by atoms with E-state index in [-0.39, 0.29) is 30.6 Å². The van der Waals surface area contributed by atoms with Gasteiger partial charge in [0.15, 0.2) is 0 Å². The van der Waals surface area contributed by atoms with Gasteiger partial charge in [0.1, 0.15) is 0 Å². The summed E-state index contributed by atoms with van der Waals surface area (Å²) in [6, 6.07) is 0. The van der Waals surface area contributed by atoms with Gasteiger partial charge in [0.2, 0.25) is 5.91 Å². The number of allylic oxidation sites excluding steroid dienone is 6. The predicted molar refractivity (Wildman–Crippen MR) is 162 cm³/mol. The number of hydrogen-bond donors (Lipinski definition) is 5. The highest BCUT2D eigenvalue weighted by atomic mass is 16.4. The van der Waals surface area contributed by atoms with E-state index in [4.69, 9.17) is 4.99 Å². The van der Waals surface area contributed by atoms with Crippen LogP contribution in [0.3, 0.4) is 0 Å². The molecule has 2 atom stereocenters. The van der Waals surface area contributed by atoms with Gasteiger partial charge in [0.05, 0.1) is 11.6 Å². The minimum Gasteiger partial charge on any atom is -0.481 e. The average molecular weight is 585 g/mol. The van der Waals surface area contributed by atoms with Gasteiger partial charge in [-0.1, -0.05) is 18.7 Å². The largest absolute Gasteiger partial charge is 0.481 e. The summed E-state index contributed by atoms with van der Waals surface area (Å²) < 4.78 is 0. The van der Waals surface area contributed by atoms with Crippen molar-refractivity contribution in [1.29, 1.82) is 0 Å². The van der Waals surface area contributed by atoms with Crippen molar-refractivity contribution in [1.82, 2.24) is 15.6 Å². The van der Waals surface area contributed by atoms with E-state index >= 15 is 0 Å². The average Bonchev–Trinajstić information content (AvgIpc) is 3.53. The minimum absolute atomic E-state index is 0.0541. The molecule has 5 N–H and O–H groups in total. The van der Waals surface area contributed by atoms with Gasteiger partial charge in [0.25, 0.3) is 5.91 Å². The molecule has 5 rings (SSSR count). The van der Waals surface area contributed by atoms with Gasteiger partial charge in [-0.05, 0) is 87.0 Å². The van der Waals surface area contributed by atoms with Crippen LogP contribution in [0.5, 0.6) is 0 Å². The van der Waals surface area contributed by atoms with Crippen LogP contribution in [0.4, 0.5) is 0 Å². The summed E-state index contributed by atoms with van der Waals surface area (Å²) >= 11 is 0. The molecule has 2 amide bonds. The molecule has 1 aromatic rings. The lowest BCUT2D eigenvalue weighted by atomic mass is 9.74. The quantitative estimate of drug-likeness (QED) is 0.274. The number of nitrogens with one attached hydrogen (secondary N) is 3.